The van der Waals surface area contributed by atoms with Crippen molar-refractivity contribution in [3.05, 3.63) is 71.7 Å². The summed E-state index contributed by atoms with van der Waals surface area (Å²) in [6.07, 6.45) is 16.3. The first-order valence-electron chi connectivity index (χ1n) is 13.0. The fourth-order valence-electron chi connectivity index (χ4n) is 3.63. The summed E-state index contributed by atoms with van der Waals surface area (Å²) < 4.78 is 10.4. The van der Waals surface area contributed by atoms with Gasteiger partial charge in [0.15, 0.2) is 5.76 Å². The number of hydrogen-bond donors (Lipinski definition) is 3. The minimum Gasteiger partial charge on any atom is -0.490 e. The Kier molecular flexibility index (Phi) is 14.8. The van der Waals surface area contributed by atoms with Crippen molar-refractivity contribution in [2.45, 2.75) is 79.1 Å². The standard InChI is InChI=1S/C30H44N2O6/c1-20(2)14-15-24(33)12-10-18-31-29(35)28(21(3)4)32-27(34)13-9-8-11-22(5)19-23(6)25-16-17-26(37-7)30(36)38-25/h8-11,13-14,17-19,21,23-25,28,33H,12,15-16H2,1-7H3,(H,31,35)(H,32,34)/b11-8-,13-9-,18-10-,22-19+/t23-,24+,25-,28-/m0/s1. The molecule has 2 amide bonds. The first-order valence-corrected chi connectivity index (χ1v) is 13.0. The van der Waals surface area contributed by atoms with E-state index in [0.717, 1.165) is 11.1 Å². The maximum atomic E-state index is 12.6. The van der Waals surface area contributed by atoms with Crippen LogP contribution in [-0.2, 0) is 23.9 Å². The molecule has 0 fully saturated rings. The second kappa shape index (κ2) is 17.2. The zero-order chi connectivity index (χ0) is 28.7. The van der Waals surface area contributed by atoms with Crippen molar-refractivity contribution < 1.29 is 29.0 Å². The minimum atomic E-state index is -0.704. The Morgan fingerprint density at radius 1 is 1.16 bits per heavy atom. The number of esters is 1. The number of carbonyl (C=O) groups is 3. The molecule has 4 atom stereocenters. The minimum absolute atomic E-state index is 0.00513. The molecule has 1 aliphatic rings. The molecule has 0 aromatic carbocycles. The number of cyclic esters (lactones) is 1. The molecule has 0 saturated heterocycles. The number of hydrogen-bond acceptors (Lipinski definition) is 6. The maximum absolute atomic E-state index is 12.6. The van der Waals surface area contributed by atoms with E-state index in [1.54, 1.807) is 24.3 Å². The normalized spacial score (nSPS) is 18.8. The lowest BCUT2D eigenvalue weighted by atomic mass is 9.97. The van der Waals surface area contributed by atoms with E-state index in [4.69, 9.17) is 9.47 Å². The molecule has 0 aromatic heterocycles. The zero-order valence-electron chi connectivity index (χ0n) is 23.7. The number of rotatable bonds is 14. The molecular formula is C30H44N2O6. The quantitative estimate of drug-likeness (QED) is 0.133. The Labute approximate surface area is 227 Å². The van der Waals surface area contributed by atoms with Crippen LogP contribution in [0.1, 0.15) is 60.8 Å². The van der Waals surface area contributed by atoms with E-state index in [2.05, 4.69) is 10.6 Å². The Hall–Kier alpha value is -3.39. The summed E-state index contributed by atoms with van der Waals surface area (Å²) in [7, 11) is 1.44. The van der Waals surface area contributed by atoms with Crippen LogP contribution in [0.15, 0.2) is 71.7 Å². The van der Waals surface area contributed by atoms with E-state index in [0.29, 0.717) is 19.3 Å². The maximum Gasteiger partial charge on any atom is 0.373 e. The average molecular weight is 529 g/mol. The van der Waals surface area contributed by atoms with Crippen LogP contribution in [0.25, 0.3) is 0 Å². The smallest absolute Gasteiger partial charge is 0.373 e. The molecule has 8 heteroatoms. The highest BCUT2D eigenvalue weighted by Gasteiger charge is 2.27. The van der Waals surface area contributed by atoms with Crippen LogP contribution >= 0.6 is 0 Å². The molecule has 0 unspecified atom stereocenters. The van der Waals surface area contributed by atoms with Gasteiger partial charge in [-0.3, -0.25) is 9.59 Å². The van der Waals surface area contributed by atoms with Crippen molar-refractivity contribution in [1.82, 2.24) is 10.6 Å². The molecular weight excluding hydrogens is 484 g/mol. The summed E-state index contributed by atoms with van der Waals surface area (Å²) in [5.41, 5.74) is 2.10. The SMILES string of the molecule is COC1=CC[C@@H]([C@@H](C)/C=C(C)/C=C\C=C/C(=O)N[C@H](C(=O)N/C=C\C[C@@H](O)CC=C(C)C)C(C)C)OC1=O. The van der Waals surface area contributed by atoms with Gasteiger partial charge in [0, 0.05) is 18.4 Å². The van der Waals surface area contributed by atoms with Gasteiger partial charge >= 0.3 is 5.97 Å². The number of nitrogens with one attached hydrogen (secondary N) is 2. The van der Waals surface area contributed by atoms with Crippen LogP contribution < -0.4 is 10.6 Å². The van der Waals surface area contributed by atoms with Gasteiger partial charge in [-0.1, -0.05) is 68.4 Å². The van der Waals surface area contributed by atoms with E-state index in [-0.39, 0.29) is 35.5 Å². The number of carbonyl (C=O) groups excluding carboxylic acids is 3. The Morgan fingerprint density at radius 3 is 2.45 bits per heavy atom. The Morgan fingerprint density at radius 2 is 1.84 bits per heavy atom. The van der Waals surface area contributed by atoms with Crippen molar-refractivity contribution in [2.75, 3.05) is 7.11 Å². The summed E-state index contributed by atoms with van der Waals surface area (Å²) in [5, 5.41) is 15.4. The van der Waals surface area contributed by atoms with E-state index in [1.165, 1.54) is 19.4 Å². The predicted molar refractivity (Wildman–Crippen MR) is 150 cm³/mol. The Bertz CT molecular complexity index is 983. The molecule has 0 spiro atoms. The molecule has 0 saturated carbocycles. The number of aliphatic hydroxyl groups excluding tert-OH is 1. The fraction of sp³-hybridized carbons (Fsp3) is 0.500. The second-order valence-electron chi connectivity index (χ2n) is 9.99. The molecule has 1 heterocycles. The second-order valence-corrected chi connectivity index (χ2v) is 9.99. The number of allylic oxidation sites excluding steroid dienone is 5. The largest absolute Gasteiger partial charge is 0.490 e. The van der Waals surface area contributed by atoms with Gasteiger partial charge in [-0.15, -0.1) is 0 Å². The Balaban J connectivity index is 2.56. The van der Waals surface area contributed by atoms with Crippen LogP contribution in [0.3, 0.4) is 0 Å². The number of methoxy groups -OCH3 is 1. The molecule has 0 bridgehead atoms. The topological polar surface area (TPSA) is 114 Å². The lowest BCUT2D eigenvalue weighted by Gasteiger charge is -2.25. The summed E-state index contributed by atoms with van der Waals surface area (Å²) in [5.74, 6) is -1.04. The number of ether oxygens (including phenoxy) is 2. The summed E-state index contributed by atoms with van der Waals surface area (Å²) >= 11 is 0. The van der Waals surface area contributed by atoms with Crippen molar-refractivity contribution in [3.63, 3.8) is 0 Å². The molecule has 210 valence electrons. The lowest BCUT2D eigenvalue weighted by molar-refractivity contribution is -0.151. The summed E-state index contributed by atoms with van der Waals surface area (Å²) in [6, 6.07) is -0.704. The van der Waals surface area contributed by atoms with Crippen LogP contribution in [0.5, 0.6) is 0 Å². The van der Waals surface area contributed by atoms with E-state index in [1.807, 2.05) is 59.8 Å². The van der Waals surface area contributed by atoms with Gasteiger partial charge in [0.1, 0.15) is 12.1 Å². The predicted octanol–water partition coefficient (Wildman–Crippen LogP) is 4.41. The monoisotopic (exact) mass is 528 g/mol. The highest BCUT2D eigenvalue weighted by Crippen LogP contribution is 2.22. The fourth-order valence-corrected chi connectivity index (χ4v) is 3.63. The van der Waals surface area contributed by atoms with Crippen LogP contribution in [0.4, 0.5) is 0 Å². The van der Waals surface area contributed by atoms with Crippen molar-refractivity contribution >= 4 is 17.8 Å². The summed E-state index contributed by atoms with van der Waals surface area (Å²) in [6.45, 7) is 11.6. The van der Waals surface area contributed by atoms with Crippen LogP contribution in [-0.4, -0.2) is 48.2 Å². The summed E-state index contributed by atoms with van der Waals surface area (Å²) in [4.78, 5) is 36.8. The van der Waals surface area contributed by atoms with Crippen LogP contribution in [0, 0.1) is 11.8 Å². The van der Waals surface area contributed by atoms with Gasteiger partial charge in [-0.25, -0.2) is 4.79 Å². The van der Waals surface area contributed by atoms with Gasteiger partial charge in [-0.05, 0) is 51.8 Å². The van der Waals surface area contributed by atoms with E-state index in [9.17, 15) is 19.5 Å². The van der Waals surface area contributed by atoms with Gasteiger partial charge in [0.05, 0.1) is 13.2 Å². The average Bonchev–Trinajstić information content (AvgIpc) is 2.86. The number of aliphatic hydroxyl groups is 1. The van der Waals surface area contributed by atoms with Gasteiger partial charge in [-0.2, -0.15) is 0 Å². The highest BCUT2D eigenvalue weighted by molar-refractivity contribution is 5.93. The van der Waals surface area contributed by atoms with Crippen molar-refractivity contribution in [2.24, 2.45) is 11.8 Å². The lowest BCUT2D eigenvalue weighted by Crippen LogP contribution is -2.48. The van der Waals surface area contributed by atoms with Crippen molar-refractivity contribution in [3.8, 4) is 0 Å². The third kappa shape index (κ3) is 12.7. The molecule has 8 nitrogen and oxygen atoms in total. The van der Waals surface area contributed by atoms with E-state index >= 15 is 0 Å². The van der Waals surface area contributed by atoms with Crippen molar-refractivity contribution in [1.29, 1.82) is 0 Å². The third-order valence-corrected chi connectivity index (χ3v) is 5.84. The van der Waals surface area contributed by atoms with Crippen LogP contribution in [0.2, 0.25) is 0 Å². The highest BCUT2D eigenvalue weighted by atomic mass is 16.6. The molecule has 0 aliphatic carbocycles. The number of amides is 2. The third-order valence-electron chi connectivity index (χ3n) is 5.84. The molecule has 0 aromatic rings. The first-order chi connectivity index (χ1) is 17.9. The molecule has 38 heavy (non-hydrogen) atoms. The van der Waals surface area contributed by atoms with Gasteiger partial charge < -0.3 is 25.2 Å². The van der Waals surface area contributed by atoms with Gasteiger partial charge in [0.25, 0.3) is 0 Å². The van der Waals surface area contributed by atoms with Gasteiger partial charge in [0.2, 0.25) is 11.8 Å². The molecule has 1 aliphatic heterocycles. The van der Waals surface area contributed by atoms with E-state index < -0.39 is 18.1 Å². The molecule has 1 rings (SSSR count). The first kappa shape index (κ1) is 32.6. The zero-order valence-corrected chi connectivity index (χ0v) is 23.7. The molecule has 3 N–H and O–H groups in total. The molecule has 0 radical (unpaired) electrons.